The number of hydrogen-bond acceptors (Lipinski definition) is 17. The van der Waals surface area contributed by atoms with Crippen molar-refractivity contribution in [3.63, 3.8) is 0 Å². The Morgan fingerprint density at radius 2 is 0.814 bits per heavy atom. The molecule has 6 aromatic rings. The molecular formula is C35H24GaN6O13S4-4. The summed E-state index contributed by atoms with van der Waals surface area (Å²) in [5.74, 6) is 0. The Bertz CT molecular complexity index is 3020. The van der Waals surface area contributed by atoms with Gasteiger partial charge in [0.25, 0.3) is 0 Å². The van der Waals surface area contributed by atoms with Gasteiger partial charge in [-0.15, -0.1) is 0 Å². The number of urea groups is 1. The monoisotopic (exact) mass is 933 g/mol. The maximum Gasteiger partial charge on any atom is 0.323 e. The molecule has 6 aromatic carbocycles. The molecule has 0 saturated carbocycles. The number of hydrogen-bond donors (Lipinski definition) is 2. The molecule has 0 aliphatic carbocycles. The molecule has 0 bridgehead atoms. The van der Waals surface area contributed by atoms with Gasteiger partial charge in [-0.1, -0.05) is 24.3 Å². The summed E-state index contributed by atoms with van der Waals surface area (Å²) < 4.78 is 143. The minimum Gasteiger partial charge on any atom is -0.744 e. The second-order valence-electron chi connectivity index (χ2n) is 12.4. The van der Waals surface area contributed by atoms with E-state index in [1.54, 1.807) is 13.8 Å². The Morgan fingerprint density at radius 3 is 1.14 bits per heavy atom. The number of benzene rings is 6. The van der Waals surface area contributed by atoms with Crippen LogP contribution in [0, 0.1) is 13.8 Å². The van der Waals surface area contributed by atoms with Crippen molar-refractivity contribution in [3.05, 3.63) is 108 Å². The van der Waals surface area contributed by atoms with Gasteiger partial charge in [0.1, 0.15) is 40.5 Å². The molecule has 19 nitrogen and oxygen atoms in total. The molecule has 0 atom stereocenters. The van der Waals surface area contributed by atoms with E-state index in [-0.39, 0.29) is 64.1 Å². The molecule has 3 radical (unpaired) electrons. The molecule has 0 aromatic heterocycles. The molecule has 2 N–H and O–H groups in total. The van der Waals surface area contributed by atoms with E-state index >= 15 is 0 Å². The number of rotatable bonds is 10. The third-order valence-electron chi connectivity index (χ3n) is 8.34. The number of anilines is 2. The summed E-state index contributed by atoms with van der Waals surface area (Å²) in [5, 5.41) is 20.1. The van der Waals surface area contributed by atoms with Crippen molar-refractivity contribution >= 4 is 122 Å². The van der Waals surface area contributed by atoms with Gasteiger partial charge in [-0.05, 0) is 97.8 Å². The number of azo groups is 2. The molecule has 24 heteroatoms. The summed E-state index contributed by atoms with van der Waals surface area (Å²) in [4.78, 5) is 9.76. The van der Waals surface area contributed by atoms with Crippen LogP contribution in [-0.2, 0) is 40.5 Å². The van der Waals surface area contributed by atoms with E-state index in [0.29, 0.717) is 22.5 Å². The molecule has 59 heavy (non-hydrogen) atoms. The number of fused-ring (bicyclic) bond motifs is 2. The average molecular weight is 935 g/mol. The largest absolute Gasteiger partial charge is 0.744 e. The van der Waals surface area contributed by atoms with Crippen molar-refractivity contribution in [1.29, 1.82) is 0 Å². The molecule has 0 spiro atoms. The molecule has 6 rings (SSSR count). The fourth-order valence-corrected chi connectivity index (χ4v) is 8.58. The molecule has 2 amide bonds. The van der Waals surface area contributed by atoms with E-state index in [0.717, 1.165) is 48.5 Å². The van der Waals surface area contributed by atoms with E-state index in [1.807, 2.05) is 0 Å². The summed E-state index contributed by atoms with van der Waals surface area (Å²) >= 11 is 0. The van der Waals surface area contributed by atoms with Crippen LogP contribution < -0.4 is 10.6 Å². The van der Waals surface area contributed by atoms with Crippen molar-refractivity contribution in [2.24, 2.45) is 20.5 Å². The van der Waals surface area contributed by atoms with Crippen molar-refractivity contribution in [2.45, 2.75) is 33.4 Å². The number of aryl methyl sites for hydroxylation is 2. The van der Waals surface area contributed by atoms with Crippen molar-refractivity contribution < 1.29 is 56.7 Å². The van der Waals surface area contributed by atoms with Gasteiger partial charge in [0.05, 0.1) is 42.3 Å². The number of carbonyl (C=O) groups is 1. The predicted molar refractivity (Wildman–Crippen MR) is 209 cm³/mol. The zero-order chi connectivity index (χ0) is 42.4. The van der Waals surface area contributed by atoms with Crippen LogP contribution in [-0.4, -0.2) is 77.7 Å². The summed E-state index contributed by atoms with van der Waals surface area (Å²) in [6.45, 7) is 3.24. The second-order valence-corrected chi connectivity index (χ2v) is 17.8. The van der Waals surface area contributed by atoms with Gasteiger partial charge in [0, 0.05) is 52.7 Å². The molecule has 0 unspecified atom stereocenters. The molecule has 0 heterocycles. The third kappa shape index (κ3) is 10.2. The zero-order valence-corrected chi connectivity index (χ0v) is 35.7. The van der Waals surface area contributed by atoms with Crippen molar-refractivity contribution in [3.8, 4) is 0 Å². The number of nitrogens with zero attached hydrogens (tertiary/aromatic N) is 4. The number of carbonyl (C=O) groups excluding carboxylic acids is 1. The van der Waals surface area contributed by atoms with Gasteiger partial charge >= 0.3 is 6.03 Å². The van der Waals surface area contributed by atoms with Crippen molar-refractivity contribution in [2.75, 3.05) is 10.6 Å². The summed E-state index contributed by atoms with van der Waals surface area (Å²) in [5.41, 5.74) is 1.61. The summed E-state index contributed by atoms with van der Waals surface area (Å²) in [7, 11) is -20.4. The Labute approximate surface area is 349 Å². The van der Waals surface area contributed by atoms with Gasteiger partial charge in [-0.25, -0.2) is 38.5 Å². The summed E-state index contributed by atoms with van der Waals surface area (Å²) in [6.07, 6.45) is 0. The Morgan fingerprint density at radius 1 is 0.458 bits per heavy atom. The molecule has 0 fully saturated rings. The normalized spacial score (nSPS) is 12.6. The fourth-order valence-electron chi connectivity index (χ4n) is 5.79. The second kappa shape index (κ2) is 16.7. The van der Waals surface area contributed by atoms with Crippen LogP contribution in [0.3, 0.4) is 0 Å². The molecule has 0 aliphatic heterocycles. The van der Waals surface area contributed by atoms with E-state index in [9.17, 15) is 56.7 Å². The van der Waals surface area contributed by atoms with Crippen LogP contribution in [0.4, 0.5) is 38.9 Å². The van der Waals surface area contributed by atoms with Crippen LogP contribution in [0.2, 0.25) is 0 Å². The first-order valence-corrected chi connectivity index (χ1v) is 21.7. The maximum absolute atomic E-state index is 12.8. The fraction of sp³-hybridized carbons (Fsp3) is 0.0571. The standard InChI is InChI=1S/C35H28N6O13S4.Ga/c1-19-13-21(9-11-29(19)40-38-23-15-27-25(33(17-23)57(49,50)51)5-3-7-31(27)55(43,44)45)36-35(42)37-22-10-12-30(20(2)14-22)41-39-24-16-28-26(34(18-24)58(52,53)54)6-4-8-32(28)56(46,47)48;/h3-18H,1-2H3,(H2,36,37,42)(H,43,44,45)(H,46,47,48)(H,49,50,51)(H,52,53,54);/p-4. The van der Waals surface area contributed by atoms with Crippen LogP contribution in [0.5, 0.6) is 0 Å². The summed E-state index contributed by atoms with van der Waals surface area (Å²) in [6, 6.07) is 18.8. The van der Waals surface area contributed by atoms with E-state index in [2.05, 4.69) is 31.1 Å². The number of amides is 2. The van der Waals surface area contributed by atoms with Gasteiger partial charge < -0.3 is 28.8 Å². The molecule has 303 valence electrons. The van der Waals surface area contributed by atoms with E-state index < -0.39 is 66.1 Å². The quantitative estimate of drug-likeness (QED) is 0.0864. The topological polar surface area (TPSA) is 319 Å². The molecule has 0 aliphatic rings. The smallest absolute Gasteiger partial charge is 0.323 e. The zero-order valence-electron chi connectivity index (χ0n) is 30.0. The predicted octanol–water partition coefficient (Wildman–Crippen LogP) is 6.32. The van der Waals surface area contributed by atoms with Crippen molar-refractivity contribution in [1.82, 2.24) is 0 Å². The first-order chi connectivity index (χ1) is 27.0. The Kier molecular flexibility index (Phi) is 12.6. The SMILES string of the molecule is Cc1cc(NC(=O)Nc2ccc(N=Nc3cc(S(=O)(=O)[O-])c4cccc(S(=O)(=O)[O-])c4c3)c(C)c2)ccc1N=Nc1cc(S(=O)(=O)[O-])c2cccc(S(=O)(=O)[O-])c2c1.[Ga]. The molecular weight excluding hydrogens is 910 g/mol. The van der Waals surface area contributed by atoms with Crippen LogP contribution in [0.25, 0.3) is 21.5 Å². The first-order valence-electron chi connectivity index (χ1n) is 16.1. The van der Waals surface area contributed by atoms with Gasteiger partial charge in [0.2, 0.25) is 0 Å². The van der Waals surface area contributed by atoms with E-state index in [1.165, 1.54) is 48.5 Å². The van der Waals surface area contributed by atoms with Crippen LogP contribution in [0.1, 0.15) is 11.1 Å². The minimum absolute atomic E-state index is 0. The average Bonchev–Trinajstić information content (AvgIpc) is 3.11. The van der Waals surface area contributed by atoms with Gasteiger partial charge in [-0.3, -0.25) is 0 Å². The third-order valence-corrected chi connectivity index (χ3v) is 11.9. The Balaban J connectivity index is 0.00000661. The van der Waals surface area contributed by atoms with Crippen LogP contribution in [0.15, 0.2) is 137 Å². The van der Waals surface area contributed by atoms with Gasteiger partial charge in [0.15, 0.2) is 0 Å². The minimum atomic E-state index is -5.13. The van der Waals surface area contributed by atoms with Crippen LogP contribution >= 0.6 is 0 Å². The Hall–Kier alpha value is -5.41. The molecule has 0 saturated heterocycles. The number of nitrogens with one attached hydrogen (secondary N) is 2. The van der Waals surface area contributed by atoms with Gasteiger partial charge in [-0.2, -0.15) is 20.5 Å². The van der Waals surface area contributed by atoms with E-state index in [4.69, 9.17) is 0 Å². The maximum atomic E-state index is 12.8. The first kappa shape index (κ1) is 44.7.